The summed E-state index contributed by atoms with van der Waals surface area (Å²) in [6.07, 6.45) is -1.72. The first-order chi connectivity index (χ1) is 8.25. The Hall–Kier alpha value is -0.780. The quantitative estimate of drug-likeness (QED) is 0.830. The van der Waals surface area contributed by atoms with Crippen molar-refractivity contribution in [2.24, 2.45) is 5.92 Å². The predicted molar refractivity (Wildman–Crippen MR) is 60.7 cm³/mol. The number of rotatable bonds is 2. The summed E-state index contributed by atoms with van der Waals surface area (Å²) >= 11 is 0. The second-order valence-corrected chi connectivity index (χ2v) is 5.67. The summed E-state index contributed by atoms with van der Waals surface area (Å²) in [5.74, 6) is -0.396. The van der Waals surface area contributed by atoms with Crippen LogP contribution in [0, 0.1) is 5.92 Å². The molecule has 2 rings (SSSR count). The van der Waals surface area contributed by atoms with E-state index in [-0.39, 0.29) is 11.8 Å². The predicted octanol–water partition coefficient (Wildman–Crippen LogP) is 2.28. The van der Waals surface area contributed by atoms with Gasteiger partial charge < -0.3 is 4.90 Å². The molecule has 2 fully saturated rings. The lowest BCUT2D eigenvalue weighted by atomic mass is 9.98. The Morgan fingerprint density at radius 3 is 2.39 bits per heavy atom. The first-order valence-electron chi connectivity index (χ1n) is 6.41. The van der Waals surface area contributed by atoms with Gasteiger partial charge in [-0.05, 0) is 18.8 Å². The van der Waals surface area contributed by atoms with Crippen LogP contribution in [-0.2, 0) is 4.79 Å². The largest absolute Gasteiger partial charge is 0.406 e. The van der Waals surface area contributed by atoms with Crippen LogP contribution in [0.15, 0.2) is 0 Å². The summed E-state index contributed by atoms with van der Waals surface area (Å²) in [5, 5.41) is 3.16. The van der Waals surface area contributed by atoms with E-state index in [0.717, 1.165) is 17.7 Å². The van der Waals surface area contributed by atoms with Crippen LogP contribution in [0.5, 0.6) is 0 Å². The second kappa shape index (κ2) is 4.40. The number of hydrogen-bond acceptors (Lipinski definition) is 2. The van der Waals surface area contributed by atoms with Crippen LogP contribution in [0.2, 0.25) is 0 Å². The van der Waals surface area contributed by atoms with Crippen molar-refractivity contribution in [3.05, 3.63) is 0 Å². The number of carbonyl (C=O) groups excluding carboxylic acids is 1. The summed E-state index contributed by atoms with van der Waals surface area (Å²) in [5.41, 5.74) is -0.722. The van der Waals surface area contributed by atoms with Crippen molar-refractivity contribution in [1.29, 1.82) is 0 Å². The molecule has 1 saturated heterocycles. The molecule has 18 heavy (non-hydrogen) atoms. The third-order valence-corrected chi connectivity index (χ3v) is 3.87. The molecule has 1 N–H and O–H groups in total. The van der Waals surface area contributed by atoms with E-state index in [0.29, 0.717) is 12.8 Å². The molecular weight excluding hydrogens is 245 g/mol. The molecule has 1 atom stereocenters. The van der Waals surface area contributed by atoms with Gasteiger partial charge in [-0.3, -0.25) is 10.1 Å². The van der Waals surface area contributed by atoms with Gasteiger partial charge >= 0.3 is 6.18 Å². The first-order valence-corrected chi connectivity index (χ1v) is 6.41. The molecule has 104 valence electrons. The van der Waals surface area contributed by atoms with Gasteiger partial charge in [-0.2, -0.15) is 13.2 Å². The topological polar surface area (TPSA) is 32.3 Å². The monoisotopic (exact) mass is 264 g/mol. The highest BCUT2D eigenvalue weighted by Crippen LogP contribution is 2.38. The highest BCUT2D eigenvalue weighted by atomic mass is 19.4. The molecule has 1 aliphatic carbocycles. The molecular formula is C12H19F3N2O. The van der Waals surface area contributed by atoms with Gasteiger partial charge in [0, 0.05) is 0 Å². The zero-order valence-electron chi connectivity index (χ0n) is 10.7. The van der Waals surface area contributed by atoms with E-state index in [1.807, 2.05) is 13.8 Å². The van der Waals surface area contributed by atoms with Gasteiger partial charge in [-0.15, -0.1) is 0 Å². The molecule has 0 aromatic heterocycles. The Balaban J connectivity index is 2.22. The zero-order chi connectivity index (χ0) is 13.6. The Bertz CT molecular complexity index is 335. The molecule has 3 nitrogen and oxygen atoms in total. The molecule has 1 aliphatic heterocycles. The molecule has 1 unspecified atom stereocenters. The SMILES string of the molecule is CC(C)C1NC2(CCCC2)C(=O)N1CC(F)(F)F. The van der Waals surface area contributed by atoms with Crippen LogP contribution in [-0.4, -0.2) is 35.2 Å². The highest BCUT2D eigenvalue weighted by Gasteiger charge is 2.54. The maximum atomic E-state index is 12.6. The van der Waals surface area contributed by atoms with Gasteiger partial charge in [0.25, 0.3) is 0 Å². The van der Waals surface area contributed by atoms with Crippen molar-refractivity contribution in [2.75, 3.05) is 6.54 Å². The van der Waals surface area contributed by atoms with Crippen LogP contribution < -0.4 is 5.32 Å². The third kappa shape index (κ3) is 2.35. The van der Waals surface area contributed by atoms with Crippen molar-refractivity contribution >= 4 is 5.91 Å². The van der Waals surface area contributed by atoms with Gasteiger partial charge in [0.05, 0.1) is 11.7 Å². The van der Waals surface area contributed by atoms with Gasteiger partial charge in [-0.1, -0.05) is 26.7 Å². The number of nitrogens with one attached hydrogen (secondary N) is 1. The fourth-order valence-corrected chi connectivity index (χ4v) is 3.05. The summed E-state index contributed by atoms with van der Waals surface area (Å²) < 4.78 is 37.7. The molecule has 1 spiro atoms. The molecule has 1 heterocycles. The highest BCUT2D eigenvalue weighted by molar-refractivity contribution is 5.89. The van der Waals surface area contributed by atoms with Crippen molar-refractivity contribution in [2.45, 2.75) is 57.4 Å². The summed E-state index contributed by atoms with van der Waals surface area (Å²) in [6.45, 7) is 2.52. The van der Waals surface area contributed by atoms with Gasteiger partial charge in [0.15, 0.2) is 0 Å². The number of carbonyl (C=O) groups is 1. The van der Waals surface area contributed by atoms with E-state index < -0.39 is 24.4 Å². The van der Waals surface area contributed by atoms with Gasteiger partial charge in [0.1, 0.15) is 6.54 Å². The lowest BCUT2D eigenvalue weighted by molar-refractivity contribution is -0.163. The van der Waals surface area contributed by atoms with E-state index in [9.17, 15) is 18.0 Å². The smallest absolute Gasteiger partial charge is 0.316 e. The average molecular weight is 264 g/mol. The summed E-state index contributed by atoms with van der Waals surface area (Å²) in [7, 11) is 0. The molecule has 2 aliphatic rings. The van der Waals surface area contributed by atoms with Crippen LogP contribution in [0.3, 0.4) is 0 Å². The zero-order valence-corrected chi connectivity index (χ0v) is 10.7. The Morgan fingerprint density at radius 2 is 1.94 bits per heavy atom. The normalized spacial score (nSPS) is 27.8. The van der Waals surface area contributed by atoms with Crippen molar-refractivity contribution in [1.82, 2.24) is 10.2 Å². The van der Waals surface area contributed by atoms with Crippen molar-refractivity contribution < 1.29 is 18.0 Å². The summed E-state index contributed by atoms with van der Waals surface area (Å²) in [6, 6.07) is 0. The minimum absolute atomic E-state index is 0.0312. The van der Waals surface area contributed by atoms with Gasteiger partial charge in [0.2, 0.25) is 5.91 Å². The molecule has 0 bridgehead atoms. The fraction of sp³-hybridized carbons (Fsp3) is 0.917. The summed E-state index contributed by atoms with van der Waals surface area (Å²) in [4.78, 5) is 13.3. The average Bonchev–Trinajstić information content (AvgIpc) is 2.78. The number of alkyl halides is 3. The molecule has 0 aromatic rings. The maximum Gasteiger partial charge on any atom is 0.406 e. The Kier molecular flexibility index (Phi) is 3.34. The van der Waals surface area contributed by atoms with E-state index in [1.54, 1.807) is 0 Å². The lowest BCUT2D eigenvalue weighted by Crippen LogP contribution is -2.46. The number of nitrogens with zero attached hydrogens (tertiary/aromatic N) is 1. The third-order valence-electron chi connectivity index (χ3n) is 3.87. The Morgan fingerprint density at radius 1 is 1.39 bits per heavy atom. The van der Waals surface area contributed by atoms with E-state index in [4.69, 9.17) is 0 Å². The molecule has 0 radical (unpaired) electrons. The van der Waals surface area contributed by atoms with Crippen molar-refractivity contribution in [3.63, 3.8) is 0 Å². The minimum Gasteiger partial charge on any atom is -0.316 e. The molecule has 6 heteroatoms. The minimum atomic E-state index is -4.34. The standard InChI is InChI=1S/C12H19F3N2O/c1-8(2)9-16-11(5-3-4-6-11)10(18)17(9)7-12(13,14)15/h8-9,16H,3-7H2,1-2H3. The van der Waals surface area contributed by atoms with Crippen molar-refractivity contribution in [3.8, 4) is 0 Å². The van der Waals surface area contributed by atoms with E-state index >= 15 is 0 Å². The van der Waals surface area contributed by atoms with E-state index in [2.05, 4.69) is 5.32 Å². The number of hydrogen-bond donors (Lipinski definition) is 1. The first kappa shape index (κ1) is 13.6. The number of halogens is 3. The molecule has 1 saturated carbocycles. The van der Waals surface area contributed by atoms with Crippen LogP contribution >= 0.6 is 0 Å². The molecule has 0 aromatic carbocycles. The van der Waals surface area contributed by atoms with E-state index in [1.165, 1.54) is 0 Å². The van der Waals surface area contributed by atoms with Crippen LogP contribution in [0.4, 0.5) is 13.2 Å². The lowest BCUT2D eigenvalue weighted by Gasteiger charge is -2.27. The second-order valence-electron chi connectivity index (χ2n) is 5.67. The fourth-order valence-electron chi connectivity index (χ4n) is 3.05. The maximum absolute atomic E-state index is 12.6. The van der Waals surface area contributed by atoms with Crippen LogP contribution in [0.25, 0.3) is 0 Å². The van der Waals surface area contributed by atoms with Crippen LogP contribution in [0.1, 0.15) is 39.5 Å². The Labute approximate surface area is 105 Å². The number of amides is 1. The van der Waals surface area contributed by atoms with Gasteiger partial charge in [-0.25, -0.2) is 0 Å². The molecule has 1 amide bonds.